The van der Waals surface area contributed by atoms with Gasteiger partial charge in [-0.1, -0.05) is 30.3 Å². The lowest BCUT2D eigenvalue weighted by Crippen LogP contribution is -2.31. The van der Waals surface area contributed by atoms with Gasteiger partial charge in [0.2, 0.25) is 11.8 Å². The van der Waals surface area contributed by atoms with Crippen LogP contribution < -0.4 is 10.2 Å². The minimum atomic E-state index is -0.550. The maximum absolute atomic E-state index is 12.8. The number of rotatable bonds is 7. The van der Waals surface area contributed by atoms with Crippen LogP contribution in [0.15, 0.2) is 54.6 Å². The third kappa shape index (κ3) is 5.11. The van der Waals surface area contributed by atoms with E-state index in [4.69, 9.17) is 4.74 Å². The Kier molecular flexibility index (Phi) is 6.61. The van der Waals surface area contributed by atoms with E-state index in [1.807, 2.05) is 30.3 Å². The van der Waals surface area contributed by atoms with Gasteiger partial charge in [-0.2, -0.15) is 0 Å². The monoisotopic (exact) mass is 408 g/mol. The van der Waals surface area contributed by atoms with Gasteiger partial charge in [0.25, 0.3) is 5.91 Å². The highest BCUT2D eigenvalue weighted by atomic mass is 16.5. The van der Waals surface area contributed by atoms with E-state index in [1.165, 1.54) is 0 Å². The molecule has 30 heavy (non-hydrogen) atoms. The predicted molar refractivity (Wildman–Crippen MR) is 111 cm³/mol. The van der Waals surface area contributed by atoms with Crippen LogP contribution in [0.1, 0.15) is 55.1 Å². The lowest BCUT2D eigenvalue weighted by molar-refractivity contribution is -0.148. The third-order valence-corrected chi connectivity index (χ3v) is 4.68. The zero-order chi connectivity index (χ0) is 21.7. The van der Waals surface area contributed by atoms with Crippen LogP contribution in [-0.2, 0) is 19.1 Å². The Balaban J connectivity index is 1.74. The van der Waals surface area contributed by atoms with Crippen molar-refractivity contribution in [2.24, 2.45) is 0 Å². The van der Waals surface area contributed by atoms with E-state index in [2.05, 4.69) is 5.32 Å². The molecular formula is C23H24N2O5. The van der Waals surface area contributed by atoms with Crippen LogP contribution in [0, 0.1) is 0 Å². The van der Waals surface area contributed by atoms with Gasteiger partial charge in [0.05, 0.1) is 24.3 Å². The summed E-state index contributed by atoms with van der Waals surface area (Å²) in [6, 6.07) is 14.9. The smallest absolute Gasteiger partial charge is 0.308 e. The Morgan fingerprint density at radius 2 is 1.57 bits per heavy atom. The molecule has 0 radical (unpaired) electrons. The summed E-state index contributed by atoms with van der Waals surface area (Å²) in [5.74, 6) is -1.26. The summed E-state index contributed by atoms with van der Waals surface area (Å²) in [6.45, 7) is 3.54. The molecule has 1 saturated heterocycles. The molecule has 0 spiro atoms. The van der Waals surface area contributed by atoms with Crippen LogP contribution in [0.25, 0.3) is 0 Å². The zero-order valence-electron chi connectivity index (χ0n) is 17.0. The zero-order valence-corrected chi connectivity index (χ0v) is 17.0. The van der Waals surface area contributed by atoms with Crippen LogP contribution >= 0.6 is 0 Å². The van der Waals surface area contributed by atoms with Crippen LogP contribution in [0.3, 0.4) is 0 Å². The van der Waals surface area contributed by atoms with E-state index in [9.17, 15) is 19.2 Å². The van der Waals surface area contributed by atoms with Gasteiger partial charge in [-0.05, 0) is 43.7 Å². The molecule has 1 aliphatic rings. The summed E-state index contributed by atoms with van der Waals surface area (Å²) in [5.41, 5.74) is 1.59. The molecule has 7 nitrogen and oxygen atoms in total. The van der Waals surface area contributed by atoms with Gasteiger partial charge < -0.3 is 10.1 Å². The molecule has 0 aliphatic carbocycles. The first-order valence-corrected chi connectivity index (χ1v) is 9.86. The van der Waals surface area contributed by atoms with Gasteiger partial charge in [-0.25, -0.2) is 0 Å². The molecule has 2 aromatic rings. The molecule has 1 unspecified atom stereocenters. The molecule has 1 N–H and O–H groups in total. The molecule has 3 rings (SSSR count). The number of esters is 1. The number of benzene rings is 2. The number of hydrogen-bond acceptors (Lipinski definition) is 5. The van der Waals surface area contributed by atoms with Gasteiger partial charge in [0.15, 0.2) is 0 Å². The second kappa shape index (κ2) is 9.35. The van der Waals surface area contributed by atoms with Gasteiger partial charge in [-0.3, -0.25) is 24.1 Å². The minimum Gasteiger partial charge on any atom is -0.463 e. The van der Waals surface area contributed by atoms with Crippen molar-refractivity contribution in [3.05, 3.63) is 65.7 Å². The summed E-state index contributed by atoms with van der Waals surface area (Å²) < 4.78 is 5.22. The van der Waals surface area contributed by atoms with Crippen molar-refractivity contribution in [3.8, 4) is 0 Å². The molecule has 1 aliphatic heterocycles. The van der Waals surface area contributed by atoms with Crippen LogP contribution in [0.4, 0.5) is 5.69 Å². The van der Waals surface area contributed by atoms with E-state index in [-0.39, 0.29) is 43.1 Å². The van der Waals surface area contributed by atoms with Crippen molar-refractivity contribution in [2.75, 3.05) is 4.90 Å². The van der Waals surface area contributed by atoms with Crippen molar-refractivity contribution in [2.45, 2.75) is 45.3 Å². The fraction of sp³-hybridized carbons (Fsp3) is 0.304. The van der Waals surface area contributed by atoms with Crippen molar-refractivity contribution >= 4 is 29.4 Å². The number of anilines is 1. The Morgan fingerprint density at radius 1 is 0.967 bits per heavy atom. The lowest BCUT2D eigenvalue weighted by atomic mass is 10.0. The van der Waals surface area contributed by atoms with Crippen molar-refractivity contribution in [1.82, 2.24) is 5.32 Å². The van der Waals surface area contributed by atoms with E-state index in [1.54, 1.807) is 38.1 Å². The van der Waals surface area contributed by atoms with Gasteiger partial charge >= 0.3 is 5.97 Å². The number of nitrogens with zero attached hydrogens (tertiary/aromatic N) is 1. The molecule has 7 heteroatoms. The molecular weight excluding hydrogens is 384 g/mol. The molecule has 0 aromatic heterocycles. The second-order valence-corrected chi connectivity index (χ2v) is 7.35. The summed E-state index contributed by atoms with van der Waals surface area (Å²) in [5, 5.41) is 2.87. The van der Waals surface area contributed by atoms with Crippen molar-refractivity contribution < 1.29 is 23.9 Å². The average molecular weight is 408 g/mol. The highest BCUT2D eigenvalue weighted by Crippen LogP contribution is 2.23. The van der Waals surface area contributed by atoms with Gasteiger partial charge in [-0.15, -0.1) is 0 Å². The number of carbonyl (C=O) groups excluding carboxylic acids is 4. The normalized spacial score (nSPS) is 14.7. The third-order valence-electron chi connectivity index (χ3n) is 4.68. The number of ether oxygens (including phenoxy) is 1. The Hall–Kier alpha value is -3.48. The summed E-state index contributed by atoms with van der Waals surface area (Å²) in [4.78, 5) is 49.8. The number of imide groups is 1. The molecule has 156 valence electrons. The Bertz CT molecular complexity index is 922. The highest BCUT2D eigenvalue weighted by molar-refractivity contribution is 6.19. The largest absolute Gasteiger partial charge is 0.463 e. The standard InChI is InChI=1S/C23H24N2O5/c1-15(2)30-22(28)14-19(16-6-4-3-5-7-16)24-23(29)17-8-10-18(11-9-17)25-20(26)12-13-21(25)27/h3-11,15,19H,12-14H2,1-2H3,(H,24,29). The number of nitrogens with one attached hydrogen (secondary N) is 1. The minimum absolute atomic E-state index is 0.00278. The molecule has 2 aromatic carbocycles. The van der Waals surface area contributed by atoms with Crippen LogP contribution in [0.2, 0.25) is 0 Å². The second-order valence-electron chi connectivity index (χ2n) is 7.35. The van der Waals surface area contributed by atoms with Crippen LogP contribution in [0.5, 0.6) is 0 Å². The molecule has 0 bridgehead atoms. The average Bonchev–Trinajstić information content (AvgIpc) is 3.05. The van der Waals surface area contributed by atoms with Crippen molar-refractivity contribution in [1.29, 1.82) is 0 Å². The first-order valence-electron chi connectivity index (χ1n) is 9.86. The van der Waals surface area contributed by atoms with Crippen molar-refractivity contribution in [3.63, 3.8) is 0 Å². The number of amides is 3. The Morgan fingerprint density at radius 3 is 2.13 bits per heavy atom. The quantitative estimate of drug-likeness (QED) is 0.561. The maximum atomic E-state index is 12.8. The lowest BCUT2D eigenvalue weighted by Gasteiger charge is -2.20. The fourth-order valence-corrected chi connectivity index (χ4v) is 3.28. The van der Waals surface area contributed by atoms with E-state index in [0.29, 0.717) is 11.3 Å². The summed E-state index contributed by atoms with van der Waals surface area (Å²) in [6.07, 6.45) is 0.162. The van der Waals surface area contributed by atoms with E-state index in [0.717, 1.165) is 10.5 Å². The molecule has 0 saturated carbocycles. The van der Waals surface area contributed by atoms with Gasteiger partial charge in [0, 0.05) is 18.4 Å². The van der Waals surface area contributed by atoms with E-state index >= 15 is 0 Å². The van der Waals surface area contributed by atoms with Crippen LogP contribution in [-0.4, -0.2) is 29.8 Å². The summed E-state index contributed by atoms with van der Waals surface area (Å²) >= 11 is 0. The highest BCUT2D eigenvalue weighted by Gasteiger charge is 2.30. The van der Waals surface area contributed by atoms with E-state index < -0.39 is 12.0 Å². The Labute approximate surface area is 175 Å². The topological polar surface area (TPSA) is 92.8 Å². The predicted octanol–water partition coefficient (Wildman–Crippen LogP) is 3.15. The first kappa shape index (κ1) is 21.2. The maximum Gasteiger partial charge on any atom is 0.308 e. The molecule has 1 heterocycles. The SMILES string of the molecule is CC(C)OC(=O)CC(NC(=O)c1ccc(N2C(=O)CCC2=O)cc1)c1ccccc1. The molecule has 1 atom stereocenters. The summed E-state index contributed by atoms with van der Waals surface area (Å²) in [7, 11) is 0. The fourth-order valence-electron chi connectivity index (χ4n) is 3.28. The number of hydrogen-bond donors (Lipinski definition) is 1. The molecule has 1 fully saturated rings. The molecule has 3 amide bonds. The number of carbonyl (C=O) groups is 4. The van der Waals surface area contributed by atoms with Gasteiger partial charge in [0.1, 0.15) is 0 Å². The first-order chi connectivity index (χ1) is 14.3.